The van der Waals surface area contributed by atoms with E-state index in [1.54, 1.807) is 79.5 Å². The number of primary amides is 1. The molecule has 3 rings (SSSR count). The topological polar surface area (TPSA) is 361 Å². The fourth-order valence-corrected chi connectivity index (χ4v) is 11.3. The summed E-state index contributed by atoms with van der Waals surface area (Å²) in [7, 11) is 1.46. The molecule has 0 aliphatic carbocycles. The quantitative estimate of drug-likeness (QED) is 0.0355. The van der Waals surface area contributed by atoms with Crippen molar-refractivity contribution < 1.29 is 70.6 Å². The Morgan fingerprint density at radius 3 is 2.01 bits per heavy atom. The van der Waals surface area contributed by atoms with Crippen LogP contribution in [0.2, 0.25) is 0 Å². The molecule has 1 fully saturated rings. The zero-order valence-electron chi connectivity index (χ0n) is 52.7. The zero-order valence-corrected chi connectivity index (χ0v) is 53.5. The van der Waals surface area contributed by atoms with Gasteiger partial charge in [-0.15, -0.1) is 0 Å². The summed E-state index contributed by atoms with van der Waals surface area (Å²) >= 11 is 0. The lowest BCUT2D eigenvalue weighted by Gasteiger charge is -2.41. The molecule has 12 atom stereocenters. The number of carbonyl (C=O) groups excluding carboxylic acids is 8. The molecule has 26 heteroatoms. The number of benzene rings is 2. The van der Waals surface area contributed by atoms with E-state index < -0.39 is 137 Å². The lowest BCUT2D eigenvalue weighted by atomic mass is 9.89. The van der Waals surface area contributed by atoms with Crippen molar-refractivity contribution in [3.63, 3.8) is 0 Å². The average molecular weight is 1230 g/mol. The molecular weight excluding hydrogens is 1130 g/mol. The molecule has 0 unspecified atom stereocenters. The third kappa shape index (κ3) is 21.7. The van der Waals surface area contributed by atoms with E-state index in [4.69, 9.17) is 25.7 Å². The predicted molar refractivity (Wildman–Crippen MR) is 325 cm³/mol. The number of aryl methyl sites for hydroxylation is 1. The number of aliphatic hydroxyl groups excluding tert-OH is 1. The van der Waals surface area contributed by atoms with Gasteiger partial charge in [-0.3, -0.25) is 38.2 Å². The van der Waals surface area contributed by atoms with Crippen LogP contribution >= 0.6 is 0 Å². The Morgan fingerprint density at radius 1 is 0.802 bits per heavy atom. The molecule has 484 valence electrons. The van der Waals surface area contributed by atoms with Crippen molar-refractivity contribution in [2.24, 2.45) is 41.1 Å². The molecule has 9 amide bonds. The first-order valence-electron chi connectivity index (χ1n) is 29.6. The predicted octanol–water partition coefficient (Wildman–Crippen LogP) is 3.86. The van der Waals surface area contributed by atoms with E-state index in [-0.39, 0.29) is 67.1 Å². The average Bonchev–Trinajstić information content (AvgIpc) is 2.16. The number of urea groups is 1. The number of amides is 9. The third-order valence-corrected chi connectivity index (χ3v) is 16.9. The summed E-state index contributed by atoms with van der Waals surface area (Å²) in [5.41, 5.74) is 12.6. The maximum atomic E-state index is 14.8. The van der Waals surface area contributed by atoms with Gasteiger partial charge in [0.15, 0.2) is 0 Å². The second-order valence-electron chi connectivity index (χ2n) is 23.6. The van der Waals surface area contributed by atoms with Gasteiger partial charge in [-0.25, -0.2) is 9.59 Å². The molecule has 0 aromatic heterocycles. The number of hydrogen-bond donors (Lipinski definition) is 9. The van der Waals surface area contributed by atoms with Crippen LogP contribution in [0.15, 0.2) is 48.5 Å². The molecule has 1 saturated heterocycles. The molecule has 11 N–H and O–H groups in total. The number of nitrogens with two attached hydrogens (primary N) is 2. The molecule has 0 spiro atoms. The minimum Gasteiger partial charge on any atom is -0.445 e. The Kier molecular flexibility index (Phi) is 29.8. The van der Waals surface area contributed by atoms with Crippen LogP contribution in [0.4, 0.5) is 15.3 Å². The number of aliphatic hydroxyl groups is 1. The number of rotatable bonds is 34. The van der Waals surface area contributed by atoms with Crippen LogP contribution in [0.5, 0.6) is 0 Å². The van der Waals surface area contributed by atoms with Crippen molar-refractivity contribution in [2.45, 2.75) is 181 Å². The lowest BCUT2D eigenvalue weighted by Crippen LogP contribution is -2.60. The third-order valence-electron chi connectivity index (χ3n) is 16.2. The van der Waals surface area contributed by atoms with Crippen molar-refractivity contribution in [1.82, 2.24) is 36.0 Å². The molecule has 0 bridgehead atoms. The van der Waals surface area contributed by atoms with Crippen LogP contribution in [-0.4, -0.2) is 182 Å². The largest absolute Gasteiger partial charge is 0.445 e. The molecule has 1 heterocycles. The maximum Gasteiger partial charge on any atom is 0.410 e. The van der Waals surface area contributed by atoms with E-state index in [1.807, 2.05) is 32.0 Å². The Hall–Kier alpha value is -6.45. The van der Waals surface area contributed by atoms with Crippen molar-refractivity contribution in [3.8, 4) is 0 Å². The summed E-state index contributed by atoms with van der Waals surface area (Å²) in [5.74, 6) is -5.82. The highest BCUT2D eigenvalue weighted by Crippen LogP contribution is 2.31. The van der Waals surface area contributed by atoms with E-state index in [2.05, 4.69) is 26.6 Å². The van der Waals surface area contributed by atoms with Gasteiger partial charge in [0.1, 0.15) is 24.7 Å². The van der Waals surface area contributed by atoms with Gasteiger partial charge >= 0.3 is 12.1 Å². The summed E-state index contributed by atoms with van der Waals surface area (Å²) in [4.78, 5) is 113. The van der Waals surface area contributed by atoms with E-state index in [0.29, 0.717) is 36.9 Å². The smallest absolute Gasteiger partial charge is 0.410 e. The monoisotopic (exact) mass is 1230 g/mol. The van der Waals surface area contributed by atoms with Gasteiger partial charge in [-0.05, 0) is 91.5 Å². The van der Waals surface area contributed by atoms with Gasteiger partial charge in [0.25, 0.3) is 10.1 Å². The summed E-state index contributed by atoms with van der Waals surface area (Å²) in [6.45, 7) is 17.9. The van der Waals surface area contributed by atoms with E-state index in [1.165, 1.54) is 44.4 Å². The van der Waals surface area contributed by atoms with E-state index >= 15 is 0 Å². The van der Waals surface area contributed by atoms with E-state index in [9.17, 15) is 56.4 Å². The van der Waals surface area contributed by atoms with Crippen LogP contribution in [0.3, 0.4) is 0 Å². The number of hydrogen-bond acceptors (Lipinski definition) is 15. The van der Waals surface area contributed by atoms with Crippen LogP contribution < -0.4 is 38.1 Å². The molecule has 1 aliphatic rings. The fraction of sp³-hybridized carbons (Fsp3) is 0.667. The minimum absolute atomic E-state index is 0.0743. The number of likely N-dealkylation sites (N-methyl/N-ethyl adjacent to an activating group) is 2. The SMILES string of the molecule is CC[C@H](C)[C@@H]([C@@H](CC(=O)N1CCC[C@H]1[C@H](OC)[C@@H](C)C(=O)N[C@H](C)[C@@H](O)c1ccccc1)OC)N(C)C(=O)[C@@H](NC(=O)[C@H](C(C)C)N(C)C(=O)OCc1ccc(NC(=O)[C@H](CCCNC(N)=O)NC(=O)[C@@H](N)C(C)C)cc1CCS(=O)(=O)O)C(C)C. The van der Waals surface area contributed by atoms with Gasteiger partial charge < -0.3 is 67.2 Å². The first-order chi connectivity index (χ1) is 40.3. The Balaban J connectivity index is 1.81. The van der Waals surface area contributed by atoms with Crippen LogP contribution in [0.25, 0.3) is 0 Å². The summed E-state index contributed by atoms with van der Waals surface area (Å²) in [6.07, 6.45) is -1.61. The van der Waals surface area contributed by atoms with Crippen molar-refractivity contribution in [3.05, 3.63) is 65.2 Å². The Morgan fingerprint density at radius 2 is 1.45 bits per heavy atom. The fourth-order valence-electron chi connectivity index (χ4n) is 10.8. The summed E-state index contributed by atoms with van der Waals surface area (Å²) < 4.78 is 51.3. The Labute approximate surface area is 508 Å². The summed E-state index contributed by atoms with van der Waals surface area (Å²) in [5, 5.41) is 24.6. The first kappa shape index (κ1) is 73.8. The number of likely N-dealkylation sites (tertiary alicyclic amines) is 1. The Bertz CT molecular complexity index is 2680. The molecule has 86 heavy (non-hydrogen) atoms. The highest BCUT2D eigenvalue weighted by molar-refractivity contribution is 7.85. The molecular formula is C60H98N10O15S. The standard InChI is InChI=1S/C60H98N10O15S/c1-15-37(8)51(46(83-13)32-47(71)70-29-20-24-45(70)53(84-14)38(9)54(73)64-39(10)52(72)40-21-17-16-18-22-40)68(11)58(77)49(35(4)5)67-57(76)50(36(6)7)69(12)60(79)85-33-42-25-26-43(31-41(42)27-30-86(80,81)82)65-55(74)44(23-19-28-63-59(62)78)66-56(75)48(61)34(2)3/h16-18,21-22,25-26,31,34-39,44-46,48-53,72H,15,19-20,23-24,27-30,32-33,61H2,1-14H3,(H,64,73)(H,65,74)(H,66,75)(H,67,76)(H3,62,63,78)(H,80,81,82)/t37-,38+,39+,44-,45-,46+,48-,49-,50-,51-,52+,53+/m0/s1. The van der Waals surface area contributed by atoms with Crippen LogP contribution in [0.1, 0.15) is 131 Å². The van der Waals surface area contributed by atoms with Gasteiger partial charge in [0, 0.05) is 47.1 Å². The molecule has 1 aliphatic heterocycles. The summed E-state index contributed by atoms with van der Waals surface area (Å²) in [6, 6.07) is 6.57. The zero-order chi connectivity index (χ0) is 64.9. The number of ether oxygens (including phenoxy) is 3. The molecule has 25 nitrogen and oxygen atoms in total. The van der Waals surface area contributed by atoms with Crippen molar-refractivity contribution >= 4 is 63.4 Å². The lowest BCUT2D eigenvalue weighted by molar-refractivity contribution is -0.148. The van der Waals surface area contributed by atoms with Gasteiger partial charge in [-0.1, -0.05) is 105 Å². The number of carbonyl (C=O) groups is 8. The van der Waals surface area contributed by atoms with Gasteiger partial charge in [0.2, 0.25) is 35.4 Å². The number of nitrogens with zero attached hydrogens (tertiary/aromatic N) is 3. The first-order valence-corrected chi connectivity index (χ1v) is 31.2. The van der Waals surface area contributed by atoms with E-state index in [0.717, 1.165) is 4.90 Å². The molecule has 2 aromatic carbocycles. The van der Waals surface area contributed by atoms with Crippen LogP contribution in [0, 0.1) is 29.6 Å². The number of anilines is 1. The van der Waals surface area contributed by atoms with Gasteiger partial charge in [0.05, 0.1) is 60.6 Å². The number of nitrogens with one attached hydrogen (secondary N) is 5. The molecule has 0 radical (unpaired) electrons. The number of methoxy groups -OCH3 is 2. The van der Waals surface area contributed by atoms with Crippen molar-refractivity contribution in [2.75, 3.05) is 52.5 Å². The highest BCUT2D eigenvalue weighted by atomic mass is 32.2. The molecule has 0 saturated carbocycles. The maximum absolute atomic E-state index is 14.8. The second-order valence-corrected chi connectivity index (χ2v) is 25.2. The van der Waals surface area contributed by atoms with Crippen molar-refractivity contribution in [1.29, 1.82) is 0 Å². The van der Waals surface area contributed by atoms with Gasteiger partial charge in [-0.2, -0.15) is 8.42 Å². The van der Waals surface area contributed by atoms with Crippen LogP contribution in [-0.2, 0) is 66.1 Å². The minimum atomic E-state index is -4.50. The highest BCUT2D eigenvalue weighted by Gasteiger charge is 2.44. The molecule has 2 aromatic rings. The normalized spacial score (nSPS) is 17.4. The second kappa shape index (κ2) is 34.8.